The zero-order chi connectivity index (χ0) is 22.0. The Morgan fingerprint density at radius 2 is 1.97 bits per heavy atom. The van der Waals surface area contributed by atoms with Gasteiger partial charge in [0.2, 0.25) is 0 Å². The number of carbonyl (C=O) groups is 1. The van der Waals surface area contributed by atoms with Gasteiger partial charge in [0, 0.05) is 6.61 Å². The monoisotopic (exact) mass is 581 g/mol. The number of thioether (sulfide) groups is 1. The lowest BCUT2D eigenvalue weighted by Crippen LogP contribution is -2.35. The van der Waals surface area contributed by atoms with Gasteiger partial charge in [-0.3, -0.25) is 9.69 Å². The number of hydrogen-bond acceptors (Lipinski definition) is 5. The summed E-state index contributed by atoms with van der Waals surface area (Å²) in [7, 11) is 0. The van der Waals surface area contributed by atoms with Crippen LogP contribution in [0, 0.1) is 6.92 Å². The third-order valence-electron chi connectivity index (χ3n) is 5.11. The van der Waals surface area contributed by atoms with Crippen LogP contribution in [0.3, 0.4) is 0 Å². The fourth-order valence-corrected chi connectivity index (χ4v) is 6.17. The third kappa shape index (κ3) is 5.60. The van der Waals surface area contributed by atoms with Gasteiger partial charge >= 0.3 is 0 Å². The molecule has 2 heterocycles. The highest BCUT2D eigenvalue weighted by Gasteiger charge is 2.34. The Morgan fingerprint density at radius 3 is 2.61 bits per heavy atom. The van der Waals surface area contributed by atoms with E-state index in [0.29, 0.717) is 22.4 Å². The SMILES string of the molecule is Cc1ccc(COc2c(Br)cc(/C=C3\SC(=S)N(C[C@@H]4CCCO4)C3=O)cc2Br)cc1. The van der Waals surface area contributed by atoms with Crippen molar-refractivity contribution in [3.05, 3.63) is 66.9 Å². The zero-order valence-corrected chi connectivity index (χ0v) is 21.7. The van der Waals surface area contributed by atoms with E-state index in [2.05, 4.69) is 63.0 Å². The summed E-state index contributed by atoms with van der Waals surface area (Å²) < 4.78 is 13.9. The maximum absolute atomic E-state index is 12.9. The van der Waals surface area contributed by atoms with Crippen LogP contribution in [0.1, 0.15) is 29.5 Å². The smallest absolute Gasteiger partial charge is 0.266 e. The molecule has 1 atom stereocenters. The van der Waals surface area contributed by atoms with E-state index < -0.39 is 0 Å². The van der Waals surface area contributed by atoms with Gasteiger partial charge in [-0.2, -0.15) is 0 Å². The van der Waals surface area contributed by atoms with E-state index in [1.807, 2.05) is 18.2 Å². The summed E-state index contributed by atoms with van der Waals surface area (Å²) in [6.07, 6.45) is 3.96. The summed E-state index contributed by atoms with van der Waals surface area (Å²) in [6, 6.07) is 12.2. The second-order valence-electron chi connectivity index (χ2n) is 7.52. The van der Waals surface area contributed by atoms with Crippen molar-refractivity contribution in [1.29, 1.82) is 0 Å². The first-order chi connectivity index (χ1) is 14.9. The molecule has 0 bridgehead atoms. The highest BCUT2D eigenvalue weighted by molar-refractivity contribution is 9.11. The highest BCUT2D eigenvalue weighted by Crippen LogP contribution is 2.38. The molecule has 0 aliphatic carbocycles. The molecule has 0 radical (unpaired) electrons. The van der Waals surface area contributed by atoms with Crippen LogP contribution in [0.2, 0.25) is 0 Å². The quantitative estimate of drug-likeness (QED) is 0.288. The Labute approximate surface area is 208 Å². The number of nitrogens with zero attached hydrogens (tertiary/aromatic N) is 1. The first-order valence-corrected chi connectivity index (χ1v) is 12.8. The van der Waals surface area contributed by atoms with Crippen molar-refractivity contribution >= 4 is 72.1 Å². The van der Waals surface area contributed by atoms with Crippen molar-refractivity contribution in [2.75, 3.05) is 13.2 Å². The van der Waals surface area contributed by atoms with E-state index in [1.54, 1.807) is 4.90 Å². The van der Waals surface area contributed by atoms with E-state index in [0.717, 1.165) is 45.3 Å². The number of aryl methyl sites for hydroxylation is 1. The van der Waals surface area contributed by atoms with Crippen molar-refractivity contribution in [2.45, 2.75) is 32.5 Å². The lowest BCUT2D eigenvalue weighted by molar-refractivity contribution is -0.123. The lowest BCUT2D eigenvalue weighted by atomic mass is 10.1. The standard InChI is InChI=1S/C23H21Br2NO3S2/c1-14-4-6-15(7-5-14)13-29-21-18(24)9-16(10-19(21)25)11-20-22(27)26(23(30)31-20)12-17-3-2-8-28-17/h4-7,9-11,17H,2-3,8,12-13H2,1H3/b20-11-/t17-/m0/s1. The van der Waals surface area contributed by atoms with Crippen LogP contribution >= 0.6 is 55.8 Å². The first kappa shape index (κ1) is 23.0. The Morgan fingerprint density at radius 1 is 1.26 bits per heavy atom. The van der Waals surface area contributed by atoms with Crippen molar-refractivity contribution in [1.82, 2.24) is 4.90 Å². The summed E-state index contributed by atoms with van der Waals surface area (Å²) in [4.78, 5) is 15.2. The molecule has 2 saturated heterocycles. The van der Waals surface area contributed by atoms with E-state index in [1.165, 1.54) is 17.3 Å². The van der Waals surface area contributed by atoms with Gasteiger partial charge in [0.25, 0.3) is 5.91 Å². The van der Waals surface area contributed by atoms with Gasteiger partial charge in [-0.05, 0) is 81.0 Å². The molecule has 0 spiro atoms. The number of thiocarbonyl (C=S) groups is 1. The maximum Gasteiger partial charge on any atom is 0.266 e. The van der Waals surface area contributed by atoms with Crippen molar-refractivity contribution in [2.24, 2.45) is 0 Å². The van der Waals surface area contributed by atoms with Crippen LogP contribution < -0.4 is 4.74 Å². The van der Waals surface area contributed by atoms with Gasteiger partial charge in [-0.15, -0.1) is 0 Å². The Hall–Kier alpha value is -1.19. The second kappa shape index (κ2) is 10.2. The van der Waals surface area contributed by atoms with Crippen LogP contribution in [0.5, 0.6) is 5.75 Å². The molecule has 4 rings (SSSR count). The molecule has 2 aromatic rings. The summed E-state index contributed by atoms with van der Waals surface area (Å²) >= 11 is 14.0. The molecule has 162 valence electrons. The molecule has 2 aromatic carbocycles. The van der Waals surface area contributed by atoms with E-state index in [4.69, 9.17) is 21.7 Å². The molecular weight excluding hydrogens is 562 g/mol. The molecule has 0 aromatic heterocycles. The molecule has 31 heavy (non-hydrogen) atoms. The fourth-order valence-electron chi connectivity index (χ4n) is 3.44. The molecule has 2 aliphatic rings. The van der Waals surface area contributed by atoms with Gasteiger partial charge < -0.3 is 9.47 Å². The van der Waals surface area contributed by atoms with E-state index in [-0.39, 0.29) is 12.0 Å². The first-order valence-electron chi connectivity index (χ1n) is 9.95. The highest BCUT2D eigenvalue weighted by atomic mass is 79.9. The number of amides is 1. The number of benzene rings is 2. The topological polar surface area (TPSA) is 38.8 Å². The van der Waals surface area contributed by atoms with Gasteiger partial charge in [-0.1, -0.05) is 53.8 Å². The largest absolute Gasteiger partial charge is 0.487 e. The minimum absolute atomic E-state index is 0.0579. The molecule has 2 fully saturated rings. The fraction of sp³-hybridized carbons (Fsp3) is 0.304. The average Bonchev–Trinajstić information content (AvgIpc) is 3.33. The van der Waals surface area contributed by atoms with Crippen molar-refractivity contribution in [3.8, 4) is 5.75 Å². The predicted octanol–water partition coefficient (Wildman–Crippen LogP) is 6.48. The van der Waals surface area contributed by atoms with Gasteiger partial charge in [0.1, 0.15) is 16.7 Å². The third-order valence-corrected chi connectivity index (χ3v) is 7.66. The second-order valence-corrected chi connectivity index (χ2v) is 10.9. The summed E-state index contributed by atoms with van der Waals surface area (Å²) in [6.45, 7) is 3.82. The molecule has 4 nitrogen and oxygen atoms in total. The number of carbonyl (C=O) groups excluding carboxylic acids is 1. The number of rotatable bonds is 6. The Balaban J connectivity index is 1.47. The van der Waals surface area contributed by atoms with Crippen LogP contribution in [-0.4, -0.2) is 34.4 Å². The summed E-state index contributed by atoms with van der Waals surface area (Å²) in [5, 5.41) is 0. The van der Waals surface area contributed by atoms with E-state index >= 15 is 0 Å². The Kier molecular flexibility index (Phi) is 7.54. The van der Waals surface area contributed by atoms with Gasteiger partial charge in [0.05, 0.1) is 26.5 Å². The molecular formula is C23H21Br2NO3S2. The van der Waals surface area contributed by atoms with Gasteiger partial charge in [-0.25, -0.2) is 0 Å². The van der Waals surface area contributed by atoms with Crippen LogP contribution in [-0.2, 0) is 16.1 Å². The van der Waals surface area contributed by atoms with Gasteiger partial charge in [0.15, 0.2) is 0 Å². The number of hydrogen-bond donors (Lipinski definition) is 0. The van der Waals surface area contributed by atoms with Crippen molar-refractivity contribution in [3.63, 3.8) is 0 Å². The summed E-state index contributed by atoms with van der Waals surface area (Å²) in [5.41, 5.74) is 3.21. The minimum Gasteiger partial charge on any atom is -0.487 e. The molecule has 0 unspecified atom stereocenters. The normalized spacial score (nSPS) is 20.2. The van der Waals surface area contributed by atoms with Crippen LogP contribution in [0.4, 0.5) is 0 Å². The van der Waals surface area contributed by atoms with Crippen LogP contribution in [0.25, 0.3) is 6.08 Å². The van der Waals surface area contributed by atoms with E-state index in [9.17, 15) is 4.79 Å². The lowest BCUT2D eigenvalue weighted by Gasteiger charge is -2.18. The zero-order valence-electron chi connectivity index (χ0n) is 16.9. The molecule has 0 saturated carbocycles. The Bertz CT molecular complexity index is 1010. The number of halogens is 2. The molecule has 1 amide bonds. The molecule has 8 heteroatoms. The number of ether oxygens (including phenoxy) is 2. The predicted molar refractivity (Wildman–Crippen MR) is 136 cm³/mol. The van der Waals surface area contributed by atoms with Crippen molar-refractivity contribution < 1.29 is 14.3 Å². The summed E-state index contributed by atoms with van der Waals surface area (Å²) in [5.74, 6) is 0.668. The molecule has 0 N–H and O–H groups in total. The van der Waals surface area contributed by atoms with Crippen LogP contribution in [0.15, 0.2) is 50.2 Å². The maximum atomic E-state index is 12.9. The molecule has 2 aliphatic heterocycles. The average molecular weight is 583 g/mol. The minimum atomic E-state index is -0.0579.